The van der Waals surface area contributed by atoms with Crippen LogP contribution in [0.2, 0.25) is 0 Å². The van der Waals surface area contributed by atoms with Gasteiger partial charge in [-0.25, -0.2) is 0 Å². The number of alkyl halides is 3. The molecule has 0 bridgehead atoms. The van der Waals surface area contributed by atoms with Gasteiger partial charge < -0.3 is 4.74 Å². The zero-order chi connectivity index (χ0) is 29.0. The van der Waals surface area contributed by atoms with Crippen molar-refractivity contribution in [3.05, 3.63) is 106 Å². The largest absolute Gasteiger partial charge is 0.497 e. The lowest BCUT2D eigenvalue weighted by Crippen LogP contribution is -2.48. The summed E-state index contributed by atoms with van der Waals surface area (Å²) in [6.07, 6.45) is -0.243. The Labute approximate surface area is 237 Å². The monoisotopic (exact) mass is 562 g/mol. The molecular formula is C31H33F3N6O. The molecule has 1 saturated heterocycles. The maximum absolute atomic E-state index is 13.7. The summed E-state index contributed by atoms with van der Waals surface area (Å²) in [6.45, 7) is 7.54. The second-order valence-electron chi connectivity index (χ2n) is 10.2. The molecule has 41 heavy (non-hydrogen) atoms. The van der Waals surface area contributed by atoms with Gasteiger partial charge in [-0.05, 0) is 70.8 Å². The number of aryl methyl sites for hydroxylation is 2. The van der Waals surface area contributed by atoms with Crippen LogP contribution in [0, 0.1) is 13.8 Å². The molecule has 2 heterocycles. The van der Waals surface area contributed by atoms with Crippen molar-refractivity contribution in [2.45, 2.75) is 26.1 Å². The Balaban J connectivity index is 1.40. The number of tetrazole rings is 1. The summed E-state index contributed by atoms with van der Waals surface area (Å²) in [6, 6.07) is 18.7. The Morgan fingerprint density at radius 1 is 0.927 bits per heavy atom. The molecule has 10 heteroatoms. The van der Waals surface area contributed by atoms with Crippen LogP contribution in [0.5, 0.6) is 5.75 Å². The molecule has 1 fully saturated rings. The molecule has 0 unspecified atom stereocenters. The first kappa shape index (κ1) is 28.5. The van der Waals surface area contributed by atoms with Gasteiger partial charge in [0.1, 0.15) is 5.75 Å². The summed E-state index contributed by atoms with van der Waals surface area (Å²) >= 11 is 0. The van der Waals surface area contributed by atoms with E-state index in [1.807, 2.05) is 56.3 Å². The Kier molecular flexibility index (Phi) is 8.51. The Hall–Kier alpha value is -4.02. The van der Waals surface area contributed by atoms with Crippen molar-refractivity contribution in [2.75, 3.05) is 39.8 Å². The van der Waals surface area contributed by atoms with Crippen LogP contribution >= 0.6 is 0 Å². The van der Waals surface area contributed by atoms with Crippen LogP contribution in [0.15, 0.2) is 72.8 Å². The molecule has 0 spiro atoms. The maximum Gasteiger partial charge on any atom is 0.416 e. The van der Waals surface area contributed by atoms with E-state index in [9.17, 15) is 13.2 Å². The highest BCUT2D eigenvalue weighted by atomic mass is 19.4. The molecule has 1 aliphatic rings. The van der Waals surface area contributed by atoms with Crippen LogP contribution in [0.25, 0.3) is 11.8 Å². The van der Waals surface area contributed by atoms with Crippen molar-refractivity contribution in [1.29, 1.82) is 0 Å². The summed E-state index contributed by atoms with van der Waals surface area (Å²) in [5.74, 6) is 1.31. The zero-order valence-electron chi connectivity index (χ0n) is 23.3. The van der Waals surface area contributed by atoms with Crippen LogP contribution in [-0.4, -0.2) is 69.8 Å². The minimum Gasteiger partial charge on any atom is -0.497 e. The number of rotatable bonds is 8. The topological polar surface area (TPSA) is 59.3 Å². The zero-order valence-corrected chi connectivity index (χ0v) is 23.3. The van der Waals surface area contributed by atoms with Crippen molar-refractivity contribution in [2.24, 2.45) is 0 Å². The molecular weight excluding hydrogens is 529 g/mol. The molecule has 0 N–H and O–H groups in total. The van der Waals surface area contributed by atoms with Crippen molar-refractivity contribution in [1.82, 2.24) is 30.0 Å². The molecule has 0 aliphatic carbocycles. The quantitative estimate of drug-likeness (QED) is 0.274. The highest BCUT2D eigenvalue weighted by Crippen LogP contribution is 2.35. The first-order chi connectivity index (χ1) is 19.7. The molecule has 5 rings (SSSR count). The number of para-hydroxylation sites is 1. The van der Waals surface area contributed by atoms with Crippen LogP contribution in [-0.2, 0) is 6.18 Å². The fraction of sp³-hybridized carbons (Fsp3) is 0.323. The fourth-order valence-electron chi connectivity index (χ4n) is 5.33. The molecule has 1 aromatic heterocycles. The van der Waals surface area contributed by atoms with Crippen LogP contribution in [0.4, 0.5) is 13.2 Å². The van der Waals surface area contributed by atoms with Gasteiger partial charge in [0.15, 0.2) is 5.82 Å². The summed E-state index contributed by atoms with van der Waals surface area (Å²) in [5.41, 5.74) is 3.71. The highest BCUT2D eigenvalue weighted by Gasteiger charge is 2.35. The van der Waals surface area contributed by atoms with Crippen molar-refractivity contribution < 1.29 is 17.9 Å². The maximum atomic E-state index is 13.7. The number of benzene rings is 3. The molecule has 1 aliphatic heterocycles. The number of piperazine rings is 1. The van der Waals surface area contributed by atoms with Crippen LogP contribution < -0.4 is 4.74 Å². The predicted octanol–water partition coefficient (Wildman–Crippen LogP) is 5.73. The van der Waals surface area contributed by atoms with Crippen LogP contribution in [0.3, 0.4) is 0 Å². The van der Waals surface area contributed by atoms with E-state index in [0.717, 1.165) is 53.8 Å². The number of hydrogen-bond acceptors (Lipinski definition) is 6. The van der Waals surface area contributed by atoms with Gasteiger partial charge >= 0.3 is 6.18 Å². The second-order valence-corrected chi connectivity index (χ2v) is 10.2. The van der Waals surface area contributed by atoms with Crippen molar-refractivity contribution >= 4 is 6.08 Å². The van der Waals surface area contributed by atoms with Crippen molar-refractivity contribution in [3.8, 4) is 11.4 Å². The highest BCUT2D eigenvalue weighted by molar-refractivity contribution is 5.51. The number of hydrogen-bond donors (Lipinski definition) is 0. The average Bonchev–Trinajstić information content (AvgIpc) is 3.43. The van der Waals surface area contributed by atoms with Gasteiger partial charge in [-0.1, -0.05) is 54.6 Å². The molecule has 3 aromatic carbocycles. The summed E-state index contributed by atoms with van der Waals surface area (Å²) < 4.78 is 48.1. The van der Waals surface area contributed by atoms with Gasteiger partial charge in [0.05, 0.1) is 24.4 Å². The number of nitrogens with zero attached hydrogens (tertiary/aromatic N) is 6. The first-order valence-corrected chi connectivity index (χ1v) is 13.5. The fourth-order valence-corrected chi connectivity index (χ4v) is 5.33. The number of ether oxygens (including phenoxy) is 1. The van der Waals surface area contributed by atoms with Gasteiger partial charge in [0.25, 0.3) is 0 Å². The predicted molar refractivity (Wildman–Crippen MR) is 152 cm³/mol. The molecule has 0 saturated carbocycles. The van der Waals surface area contributed by atoms with E-state index in [-0.39, 0.29) is 0 Å². The normalized spacial score (nSPS) is 15.9. The molecule has 214 valence electrons. The number of aromatic nitrogens is 4. The van der Waals surface area contributed by atoms with E-state index < -0.39 is 17.8 Å². The van der Waals surface area contributed by atoms with Gasteiger partial charge in [0, 0.05) is 32.7 Å². The molecule has 7 nitrogen and oxygen atoms in total. The number of halogens is 3. The third-order valence-corrected chi connectivity index (χ3v) is 7.48. The summed E-state index contributed by atoms with van der Waals surface area (Å²) in [5, 5.41) is 12.6. The minimum absolute atomic E-state index is 0.495. The smallest absolute Gasteiger partial charge is 0.416 e. The lowest BCUT2D eigenvalue weighted by molar-refractivity contribution is -0.137. The van der Waals surface area contributed by atoms with E-state index in [1.54, 1.807) is 17.9 Å². The number of methoxy groups -OCH3 is 1. The Morgan fingerprint density at radius 2 is 1.61 bits per heavy atom. The van der Waals surface area contributed by atoms with Gasteiger partial charge in [-0.2, -0.15) is 17.9 Å². The summed E-state index contributed by atoms with van der Waals surface area (Å²) in [7, 11) is 1.65. The second kappa shape index (κ2) is 12.2. The summed E-state index contributed by atoms with van der Waals surface area (Å²) in [4.78, 5) is 4.50. The van der Waals surface area contributed by atoms with Gasteiger partial charge in [-0.15, -0.1) is 5.10 Å². The lowest BCUT2D eigenvalue weighted by atomic mass is 10.00. The van der Waals surface area contributed by atoms with Gasteiger partial charge in [0.2, 0.25) is 0 Å². The third kappa shape index (κ3) is 6.49. The van der Waals surface area contributed by atoms with Crippen molar-refractivity contribution in [3.63, 3.8) is 0 Å². The third-order valence-electron chi connectivity index (χ3n) is 7.48. The van der Waals surface area contributed by atoms with E-state index in [4.69, 9.17) is 4.74 Å². The Bertz CT molecular complexity index is 1470. The molecule has 0 radical (unpaired) electrons. The average molecular weight is 563 g/mol. The lowest BCUT2D eigenvalue weighted by Gasteiger charge is -2.38. The SMILES string of the molecule is COc1ccc(C=CCN2CCN([C@@H](c3cccc(C(F)(F)F)c3)c3nnnn3-c3c(C)cccc3C)CC2)cc1. The van der Waals surface area contributed by atoms with Crippen LogP contribution in [0.1, 0.15) is 39.7 Å². The minimum atomic E-state index is -4.45. The van der Waals surface area contributed by atoms with E-state index in [1.165, 1.54) is 12.1 Å². The first-order valence-electron chi connectivity index (χ1n) is 13.5. The van der Waals surface area contributed by atoms with E-state index in [0.29, 0.717) is 24.5 Å². The standard InChI is InChI=1S/C31H33F3N6O/c1-22-7-4-8-23(2)28(22)40-30(35-36-37-40)29(25-10-5-11-26(21-25)31(32,33)34)39-19-17-38(18-20-39)16-6-9-24-12-14-27(41-3)15-13-24/h4-15,21,29H,16-20H2,1-3H3/t29-/m0/s1. The Morgan fingerprint density at radius 3 is 2.27 bits per heavy atom. The van der Waals surface area contributed by atoms with Gasteiger partial charge in [-0.3, -0.25) is 9.80 Å². The molecule has 0 amide bonds. The molecule has 1 atom stereocenters. The van der Waals surface area contributed by atoms with E-state index >= 15 is 0 Å². The van der Waals surface area contributed by atoms with E-state index in [2.05, 4.69) is 37.5 Å². The molecule has 4 aromatic rings.